The number of anilines is 1. The smallest absolute Gasteiger partial charge is 0.0511 e. The van der Waals surface area contributed by atoms with Crippen molar-refractivity contribution in [1.29, 1.82) is 0 Å². The van der Waals surface area contributed by atoms with Gasteiger partial charge in [0.25, 0.3) is 0 Å². The lowest BCUT2D eigenvalue weighted by Crippen LogP contribution is -2.31. The molecule has 1 aromatic carbocycles. The number of alkyl halides is 1. The third-order valence-corrected chi connectivity index (χ3v) is 5.09. The molecule has 88 valence electrons. The number of hydrogen-bond donors (Lipinski definition) is 0. The molecule has 1 aliphatic heterocycles. The van der Waals surface area contributed by atoms with E-state index in [0.717, 1.165) is 10.0 Å². The van der Waals surface area contributed by atoms with E-state index in [9.17, 15) is 0 Å². The van der Waals surface area contributed by atoms with Gasteiger partial charge < -0.3 is 4.90 Å². The fraction of sp³-hybridized carbons (Fsp3) is 0.500. The second-order valence-electron chi connectivity index (χ2n) is 4.05. The maximum Gasteiger partial charge on any atom is 0.0511 e. The molecular weight excluding hydrogens is 306 g/mol. The fourth-order valence-electron chi connectivity index (χ4n) is 1.94. The standard InChI is InChI=1S/C12H15BrClNS/c1-15(10-4-5-16-8-10)12-3-2-9(7-14)6-11(12)13/h2-3,6,10H,4-5,7-8H2,1H3. The molecule has 0 radical (unpaired) electrons. The van der Waals surface area contributed by atoms with Gasteiger partial charge in [-0.25, -0.2) is 0 Å². The lowest BCUT2D eigenvalue weighted by molar-refractivity contribution is 0.699. The first-order chi connectivity index (χ1) is 7.72. The molecule has 1 heterocycles. The van der Waals surface area contributed by atoms with Gasteiger partial charge in [-0.15, -0.1) is 11.6 Å². The van der Waals surface area contributed by atoms with Gasteiger partial charge in [0.05, 0.1) is 5.69 Å². The molecule has 1 aromatic rings. The van der Waals surface area contributed by atoms with E-state index in [4.69, 9.17) is 11.6 Å². The second-order valence-corrected chi connectivity index (χ2v) is 6.32. The largest absolute Gasteiger partial charge is 0.370 e. The minimum Gasteiger partial charge on any atom is -0.370 e. The van der Waals surface area contributed by atoms with Crippen molar-refractivity contribution in [1.82, 2.24) is 0 Å². The Kier molecular flexibility index (Phi) is 4.45. The van der Waals surface area contributed by atoms with Gasteiger partial charge in [0.15, 0.2) is 0 Å². The van der Waals surface area contributed by atoms with Crippen LogP contribution in [0.5, 0.6) is 0 Å². The van der Waals surface area contributed by atoms with Crippen molar-refractivity contribution in [2.24, 2.45) is 0 Å². The zero-order valence-electron chi connectivity index (χ0n) is 9.25. The van der Waals surface area contributed by atoms with Crippen LogP contribution in [0, 0.1) is 0 Å². The maximum atomic E-state index is 5.82. The Hall–Kier alpha value is 0.140. The molecule has 1 saturated heterocycles. The van der Waals surface area contributed by atoms with Crippen LogP contribution in [0.3, 0.4) is 0 Å². The minimum absolute atomic E-state index is 0.571. The molecule has 1 aliphatic rings. The number of rotatable bonds is 3. The summed E-state index contributed by atoms with van der Waals surface area (Å²) in [6.45, 7) is 0. The normalized spacial score (nSPS) is 20.1. The van der Waals surface area contributed by atoms with Crippen LogP contribution in [-0.2, 0) is 5.88 Å². The Labute approximate surface area is 115 Å². The molecule has 1 nitrogen and oxygen atoms in total. The van der Waals surface area contributed by atoms with Crippen molar-refractivity contribution >= 4 is 45.0 Å². The Morgan fingerprint density at radius 3 is 2.94 bits per heavy atom. The van der Waals surface area contributed by atoms with Crippen LogP contribution in [0.4, 0.5) is 5.69 Å². The lowest BCUT2D eigenvalue weighted by Gasteiger charge is -2.27. The van der Waals surface area contributed by atoms with E-state index in [0.29, 0.717) is 11.9 Å². The molecular formula is C12H15BrClNS. The number of benzene rings is 1. The van der Waals surface area contributed by atoms with Gasteiger partial charge in [0, 0.05) is 29.2 Å². The van der Waals surface area contributed by atoms with Crippen LogP contribution in [-0.4, -0.2) is 24.6 Å². The summed E-state index contributed by atoms with van der Waals surface area (Å²) in [5.41, 5.74) is 2.42. The van der Waals surface area contributed by atoms with E-state index in [1.54, 1.807) is 0 Å². The number of halogens is 2. The van der Waals surface area contributed by atoms with Crippen LogP contribution in [0.25, 0.3) is 0 Å². The average Bonchev–Trinajstić information content (AvgIpc) is 2.81. The van der Waals surface area contributed by atoms with Crippen LogP contribution in [0.1, 0.15) is 12.0 Å². The molecule has 1 fully saturated rings. The highest BCUT2D eigenvalue weighted by atomic mass is 79.9. The van der Waals surface area contributed by atoms with E-state index in [1.807, 2.05) is 11.8 Å². The van der Waals surface area contributed by atoms with Crippen LogP contribution in [0.15, 0.2) is 22.7 Å². The Balaban J connectivity index is 2.19. The monoisotopic (exact) mass is 319 g/mol. The second kappa shape index (κ2) is 5.65. The maximum absolute atomic E-state index is 5.82. The van der Waals surface area contributed by atoms with E-state index in [2.05, 4.69) is 46.1 Å². The SMILES string of the molecule is CN(c1ccc(CCl)cc1Br)C1CCSC1. The molecule has 0 amide bonds. The molecule has 16 heavy (non-hydrogen) atoms. The van der Waals surface area contributed by atoms with Gasteiger partial charge in [-0.05, 0) is 45.8 Å². The Bertz CT molecular complexity index is 366. The molecule has 0 aliphatic carbocycles. The number of nitrogens with zero attached hydrogens (tertiary/aromatic N) is 1. The summed E-state index contributed by atoms with van der Waals surface area (Å²) >= 11 is 11.5. The third-order valence-electron chi connectivity index (χ3n) is 3.00. The lowest BCUT2D eigenvalue weighted by atomic mass is 10.1. The molecule has 1 unspecified atom stereocenters. The topological polar surface area (TPSA) is 3.24 Å². The van der Waals surface area contributed by atoms with Gasteiger partial charge in [0.2, 0.25) is 0 Å². The van der Waals surface area contributed by atoms with E-state index in [-0.39, 0.29) is 0 Å². The summed E-state index contributed by atoms with van der Waals surface area (Å²) in [5.74, 6) is 3.09. The van der Waals surface area contributed by atoms with Crippen molar-refractivity contribution in [2.45, 2.75) is 18.3 Å². The van der Waals surface area contributed by atoms with Crippen molar-refractivity contribution < 1.29 is 0 Å². The highest BCUT2D eigenvalue weighted by Gasteiger charge is 2.21. The van der Waals surface area contributed by atoms with Gasteiger partial charge in [-0.2, -0.15) is 11.8 Å². The summed E-state index contributed by atoms with van der Waals surface area (Å²) in [6, 6.07) is 7.04. The van der Waals surface area contributed by atoms with Gasteiger partial charge in [-0.3, -0.25) is 0 Å². The molecule has 1 atom stereocenters. The molecule has 0 saturated carbocycles. The average molecular weight is 321 g/mol. The molecule has 2 rings (SSSR count). The van der Waals surface area contributed by atoms with E-state index >= 15 is 0 Å². The Morgan fingerprint density at radius 1 is 1.56 bits per heavy atom. The molecule has 4 heteroatoms. The number of hydrogen-bond acceptors (Lipinski definition) is 2. The highest BCUT2D eigenvalue weighted by molar-refractivity contribution is 9.10. The van der Waals surface area contributed by atoms with E-state index in [1.165, 1.54) is 23.6 Å². The molecule has 0 spiro atoms. The summed E-state index contributed by atoms with van der Waals surface area (Å²) in [5, 5.41) is 0. The predicted molar refractivity (Wildman–Crippen MR) is 77.8 cm³/mol. The summed E-state index contributed by atoms with van der Waals surface area (Å²) < 4.78 is 1.14. The summed E-state index contributed by atoms with van der Waals surface area (Å²) in [7, 11) is 2.18. The third kappa shape index (κ3) is 2.69. The van der Waals surface area contributed by atoms with Crippen molar-refractivity contribution in [3.05, 3.63) is 28.2 Å². The first-order valence-electron chi connectivity index (χ1n) is 5.37. The first kappa shape index (κ1) is 12.6. The van der Waals surface area contributed by atoms with E-state index < -0.39 is 0 Å². The summed E-state index contributed by atoms with van der Waals surface area (Å²) in [6.07, 6.45) is 1.28. The molecule has 0 N–H and O–H groups in total. The van der Waals surface area contributed by atoms with Crippen molar-refractivity contribution in [3.8, 4) is 0 Å². The zero-order chi connectivity index (χ0) is 11.5. The van der Waals surface area contributed by atoms with Gasteiger partial charge in [-0.1, -0.05) is 6.07 Å². The Morgan fingerprint density at radius 2 is 2.38 bits per heavy atom. The highest BCUT2D eigenvalue weighted by Crippen LogP contribution is 2.32. The van der Waals surface area contributed by atoms with Crippen molar-refractivity contribution in [3.63, 3.8) is 0 Å². The van der Waals surface area contributed by atoms with Gasteiger partial charge in [0.1, 0.15) is 0 Å². The van der Waals surface area contributed by atoms with Crippen LogP contribution < -0.4 is 4.90 Å². The molecule has 0 aromatic heterocycles. The number of thioether (sulfide) groups is 1. The first-order valence-corrected chi connectivity index (χ1v) is 7.85. The fourth-order valence-corrected chi connectivity index (χ4v) is 4.08. The predicted octanol–water partition coefficient (Wildman–Crippen LogP) is 4.13. The van der Waals surface area contributed by atoms with Crippen LogP contribution >= 0.6 is 39.3 Å². The minimum atomic E-state index is 0.571. The zero-order valence-corrected chi connectivity index (χ0v) is 12.4. The van der Waals surface area contributed by atoms with Crippen molar-refractivity contribution in [2.75, 3.05) is 23.5 Å². The van der Waals surface area contributed by atoms with Gasteiger partial charge >= 0.3 is 0 Å². The molecule has 0 bridgehead atoms. The van der Waals surface area contributed by atoms with Crippen LogP contribution in [0.2, 0.25) is 0 Å². The summed E-state index contributed by atoms with van der Waals surface area (Å²) in [4.78, 5) is 2.38. The quantitative estimate of drug-likeness (QED) is 0.770.